The van der Waals surface area contributed by atoms with Gasteiger partial charge in [0.05, 0.1) is 0 Å². The average molecular weight is 237 g/mol. The van der Waals surface area contributed by atoms with Crippen LogP contribution in [0.4, 0.5) is 4.39 Å². The van der Waals surface area contributed by atoms with E-state index in [0.717, 1.165) is 25.7 Å². The second-order valence-electron chi connectivity index (χ2n) is 2.61. The van der Waals surface area contributed by atoms with Crippen LogP contribution in [0.15, 0.2) is 0 Å². The fraction of sp³-hybridized carbons (Fsp3) is 1.00. The predicted octanol–water partition coefficient (Wildman–Crippen LogP) is 3.00. The van der Waals surface area contributed by atoms with Crippen molar-refractivity contribution in [3.63, 3.8) is 0 Å². The summed E-state index contributed by atoms with van der Waals surface area (Å²) >= 11 is 0. The van der Waals surface area contributed by atoms with Crippen LogP contribution in [0.1, 0.15) is 32.1 Å². The van der Waals surface area contributed by atoms with E-state index in [1.54, 1.807) is 0 Å². The minimum atomic E-state index is -3.72. The molecule has 0 amide bonds. The van der Waals surface area contributed by atoms with E-state index < -0.39 is 14.4 Å². The molecule has 74 valence electrons. The molecule has 1 saturated carbocycles. The first-order chi connectivity index (χ1) is 5.39. The van der Waals surface area contributed by atoms with E-state index in [-0.39, 0.29) is 0 Å². The van der Waals surface area contributed by atoms with Crippen molar-refractivity contribution < 1.29 is 12.8 Å². The van der Waals surface area contributed by atoms with E-state index in [2.05, 4.69) is 21.4 Å². The summed E-state index contributed by atoms with van der Waals surface area (Å²) in [4.78, 5) is 0. The topological polar surface area (TPSA) is 34.1 Å². The number of hydrogen-bond donors (Lipinski definition) is 0. The molecule has 2 nitrogen and oxygen atoms in total. The highest BCUT2D eigenvalue weighted by atomic mass is 36.0. The summed E-state index contributed by atoms with van der Waals surface area (Å²) in [7, 11) is 4.81. The Hall–Kier alpha value is 0.460. The van der Waals surface area contributed by atoms with Gasteiger partial charge in [0.15, 0.2) is 0 Å². The van der Waals surface area contributed by atoms with E-state index >= 15 is 0 Å². The van der Waals surface area contributed by atoms with Crippen LogP contribution in [0.25, 0.3) is 0 Å². The zero-order valence-corrected chi connectivity index (χ0v) is 8.80. The number of halogens is 3. The summed E-state index contributed by atoms with van der Waals surface area (Å²) in [5.74, 6) is 0. The van der Waals surface area contributed by atoms with Crippen LogP contribution in [0, 0.1) is 0 Å². The molecule has 12 heavy (non-hydrogen) atoms. The van der Waals surface area contributed by atoms with Crippen molar-refractivity contribution in [1.29, 1.82) is 0 Å². The number of hydrogen-bond acceptors (Lipinski definition) is 2. The van der Waals surface area contributed by atoms with Gasteiger partial charge in [-0.15, -0.1) is 0 Å². The molecule has 0 aromatic heterocycles. The van der Waals surface area contributed by atoms with Crippen molar-refractivity contribution in [1.82, 2.24) is 0 Å². The van der Waals surface area contributed by atoms with E-state index in [1.807, 2.05) is 0 Å². The highest BCUT2D eigenvalue weighted by molar-refractivity contribution is 8.31. The minimum Gasteiger partial charge on any atom is -0.247 e. The molecule has 0 bridgehead atoms. The van der Waals surface area contributed by atoms with Crippen LogP contribution in [0.3, 0.4) is 0 Å². The normalized spacial score (nSPS) is 19.6. The van der Waals surface area contributed by atoms with E-state index in [9.17, 15) is 4.39 Å². The lowest BCUT2D eigenvalue weighted by molar-refractivity contribution is 0.251. The van der Waals surface area contributed by atoms with Gasteiger partial charge < -0.3 is 0 Å². The molecule has 0 aromatic carbocycles. The van der Waals surface area contributed by atoms with Gasteiger partial charge in [0.2, 0.25) is 0 Å². The van der Waals surface area contributed by atoms with Crippen LogP contribution in [0.5, 0.6) is 0 Å². The van der Waals surface area contributed by atoms with Gasteiger partial charge in [0, 0.05) is 21.4 Å². The molecule has 1 aliphatic carbocycles. The van der Waals surface area contributed by atoms with Gasteiger partial charge in [0.25, 0.3) is 0 Å². The first kappa shape index (κ1) is 12.5. The molecule has 1 aliphatic rings. The van der Waals surface area contributed by atoms with Gasteiger partial charge in [-0.3, -0.25) is 0 Å². The van der Waals surface area contributed by atoms with Crippen LogP contribution in [-0.2, 0) is 8.26 Å². The number of rotatable bonds is 0. The fourth-order valence-electron chi connectivity index (χ4n) is 1.05. The summed E-state index contributed by atoms with van der Waals surface area (Å²) in [5.41, 5.74) is 0. The highest BCUT2D eigenvalue weighted by Crippen LogP contribution is 2.19. The molecule has 1 fully saturated rings. The van der Waals surface area contributed by atoms with Crippen LogP contribution in [-0.4, -0.2) is 14.6 Å². The molecular weight excluding hydrogens is 226 g/mol. The van der Waals surface area contributed by atoms with Crippen LogP contribution >= 0.6 is 21.4 Å². The van der Waals surface area contributed by atoms with E-state index in [1.165, 1.54) is 6.42 Å². The SMILES string of the molecule is FC1CCCCC1.O=S(=O)(Cl)Cl. The Morgan fingerprint density at radius 2 is 1.42 bits per heavy atom. The molecule has 0 spiro atoms. The third kappa shape index (κ3) is 13.1. The molecule has 0 radical (unpaired) electrons. The third-order valence-electron chi connectivity index (χ3n) is 1.53. The minimum absolute atomic E-state index is 0.464. The molecule has 0 atom stereocenters. The lowest BCUT2D eigenvalue weighted by Gasteiger charge is -2.12. The molecule has 0 aromatic rings. The standard InChI is InChI=1S/C6H11F.Cl2O2S/c7-6-4-2-1-3-5-6;1-5(2,3)4/h6H,1-5H2;. The second-order valence-corrected chi connectivity index (χ2v) is 6.28. The second kappa shape index (κ2) is 6.00. The molecule has 0 N–H and O–H groups in total. The summed E-state index contributed by atoms with van der Waals surface area (Å²) in [5, 5.41) is 0. The first-order valence-corrected chi connectivity index (χ1v) is 6.81. The first-order valence-electron chi connectivity index (χ1n) is 3.68. The Balaban J connectivity index is 0.000000217. The Morgan fingerprint density at radius 1 is 1.08 bits per heavy atom. The Morgan fingerprint density at radius 3 is 1.58 bits per heavy atom. The maximum Gasteiger partial charge on any atom is 0.317 e. The lowest BCUT2D eigenvalue weighted by Crippen LogP contribution is -2.04. The summed E-state index contributed by atoms with van der Waals surface area (Å²) < 4.78 is 30.5. The molecule has 0 heterocycles. The predicted molar refractivity (Wildman–Crippen MR) is 48.6 cm³/mol. The van der Waals surface area contributed by atoms with Crippen molar-refractivity contribution in [2.45, 2.75) is 38.3 Å². The molecule has 0 unspecified atom stereocenters. The van der Waals surface area contributed by atoms with Gasteiger partial charge in [0.1, 0.15) is 6.17 Å². The zero-order chi connectivity index (χ0) is 9.61. The summed E-state index contributed by atoms with van der Waals surface area (Å²) in [6.07, 6.45) is 4.65. The van der Waals surface area contributed by atoms with E-state index in [4.69, 9.17) is 8.42 Å². The summed E-state index contributed by atoms with van der Waals surface area (Å²) in [6, 6.07) is 0. The maximum atomic E-state index is 12.2. The maximum absolute atomic E-state index is 12.2. The smallest absolute Gasteiger partial charge is 0.247 e. The summed E-state index contributed by atoms with van der Waals surface area (Å²) in [6.45, 7) is 0. The van der Waals surface area contributed by atoms with Crippen LogP contribution in [0.2, 0.25) is 0 Å². The third-order valence-corrected chi connectivity index (χ3v) is 1.53. The Bertz CT molecular complexity index is 192. The van der Waals surface area contributed by atoms with Crippen molar-refractivity contribution in [2.75, 3.05) is 0 Å². The Labute approximate surface area is 81.0 Å². The van der Waals surface area contributed by atoms with Crippen molar-refractivity contribution in [3.8, 4) is 0 Å². The van der Waals surface area contributed by atoms with Gasteiger partial charge in [-0.2, -0.15) is 8.42 Å². The molecule has 1 rings (SSSR count). The van der Waals surface area contributed by atoms with Gasteiger partial charge in [-0.25, -0.2) is 4.39 Å². The fourth-order valence-corrected chi connectivity index (χ4v) is 1.05. The van der Waals surface area contributed by atoms with Gasteiger partial charge in [-0.05, 0) is 12.8 Å². The van der Waals surface area contributed by atoms with Gasteiger partial charge >= 0.3 is 8.26 Å². The molecule has 0 saturated heterocycles. The van der Waals surface area contributed by atoms with Crippen molar-refractivity contribution in [2.24, 2.45) is 0 Å². The quantitative estimate of drug-likeness (QED) is 0.607. The van der Waals surface area contributed by atoms with Crippen LogP contribution < -0.4 is 0 Å². The zero-order valence-electron chi connectivity index (χ0n) is 6.47. The molecule has 0 aliphatic heterocycles. The largest absolute Gasteiger partial charge is 0.317 e. The molecule has 6 heteroatoms. The lowest BCUT2D eigenvalue weighted by atomic mass is 9.99. The highest BCUT2D eigenvalue weighted by Gasteiger charge is 2.09. The van der Waals surface area contributed by atoms with Gasteiger partial charge in [-0.1, -0.05) is 19.3 Å². The van der Waals surface area contributed by atoms with E-state index in [0.29, 0.717) is 0 Å². The Kier molecular flexibility index (Phi) is 6.23. The van der Waals surface area contributed by atoms with Crippen molar-refractivity contribution >= 4 is 29.6 Å². The van der Waals surface area contributed by atoms with Crippen molar-refractivity contribution in [3.05, 3.63) is 0 Å². The number of alkyl halides is 1. The monoisotopic (exact) mass is 236 g/mol. The average Bonchev–Trinajstić information content (AvgIpc) is 1.85. The molecular formula is C6H11Cl2FO2S.